The summed E-state index contributed by atoms with van der Waals surface area (Å²) in [6, 6.07) is 17.1. The van der Waals surface area contributed by atoms with E-state index in [0.717, 1.165) is 30.3 Å². The Hall–Kier alpha value is -3.16. The van der Waals surface area contributed by atoms with E-state index in [2.05, 4.69) is 43.2 Å². The zero-order chi connectivity index (χ0) is 25.9. The lowest BCUT2D eigenvalue weighted by Crippen LogP contribution is -2.45. The number of rotatable bonds is 14. The first-order chi connectivity index (χ1) is 17.4. The van der Waals surface area contributed by atoms with Gasteiger partial charge in [-0.05, 0) is 55.5 Å². The number of hydrogen-bond donors (Lipinski definition) is 3. The average molecular weight is 494 g/mol. The summed E-state index contributed by atoms with van der Waals surface area (Å²) < 4.78 is 5.74. The van der Waals surface area contributed by atoms with Gasteiger partial charge in [-0.15, -0.1) is 0 Å². The number of nitrogens with zero attached hydrogens (tertiary/aromatic N) is 1. The second kappa shape index (κ2) is 13.8. The summed E-state index contributed by atoms with van der Waals surface area (Å²) in [6.07, 6.45) is 1.97. The van der Waals surface area contributed by atoms with E-state index in [9.17, 15) is 14.7 Å². The molecule has 7 nitrogen and oxygen atoms in total. The lowest BCUT2D eigenvalue weighted by molar-refractivity contribution is -0.135. The number of pyridine rings is 1. The predicted octanol–water partition coefficient (Wildman–Crippen LogP) is 3.89. The van der Waals surface area contributed by atoms with Gasteiger partial charge in [0, 0.05) is 30.6 Å². The lowest BCUT2D eigenvalue weighted by Gasteiger charge is -2.32. The Bertz CT molecular complexity index is 1160. The van der Waals surface area contributed by atoms with Crippen molar-refractivity contribution in [3.8, 4) is 5.75 Å². The van der Waals surface area contributed by atoms with Crippen molar-refractivity contribution in [1.29, 1.82) is 0 Å². The van der Waals surface area contributed by atoms with Crippen molar-refractivity contribution in [2.24, 2.45) is 5.92 Å². The SMILES string of the molecule is CC(C)C(C)N(CCNCCc1ccc(O)c2[nH]c(=O)ccc12)C(=O)CCOCCc1ccccc1. The minimum atomic E-state index is -0.237. The normalized spacial score (nSPS) is 12.2. The van der Waals surface area contributed by atoms with Gasteiger partial charge < -0.3 is 25.0 Å². The van der Waals surface area contributed by atoms with E-state index in [0.29, 0.717) is 44.2 Å². The first kappa shape index (κ1) is 27.4. The monoisotopic (exact) mass is 493 g/mol. The zero-order valence-corrected chi connectivity index (χ0v) is 21.6. The van der Waals surface area contributed by atoms with Crippen LogP contribution in [0, 0.1) is 5.92 Å². The van der Waals surface area contributed by atoms with Gasteiger partial charge >= 0.3 is 0 Å². The van der Waals surface area contributed by atoms with Crippen LogP contribution < -0.4 is 10.9 Å². The minimum Gasteiger partial charge on any atom is -0.506 e. The Morgan fingerprint density at radius 3 is 2.53 bits per heavy atom. The van der Waals surface area contributed by atoms with Crippen LogP contribution in [-0.4, -0.2) is 59.8 Å². The molecule has 194 valence electrons. The van der Waals surface area contributed by atoms with Crippen LogP contribution in [0.4, 0.5) is 0 Å². The van der Waals surface area contributed by atoms with Crippen molar-refractivity contribution in [2.75, 3.05) is 32.8 Å². The van der Waals surface area contributed by atoms with E-state index in [4.69, 9.17) is 4.74 Å². The number of fused-ring (bicyclic) bond motifs is 1. The Kier molecular flexibility index (Phi) is 10.5. The summed E-state index contributed by atoms with van der Waals surface area (Å²) in [7, 11) is 0. The number of carbonyl (C=O) groups excluding carboxylic acids is 1. The molecule has 3 aromatic rings. The topological polar surface area (TPSA) is 94.7 Å². The molecule has 3 rings (SSSR count). The molecule has 0 aliphatic heterocycles. The number of carbonyl (C=O) groups is 1. The summed E-state index contributed by atoms with van der Waals surface area (Å²) in [5, 5.41) is 14.3. The quantitative estimate of drug-likeness (QED) is 0.296. The number of H-pyrrole nitrogens is 1. The number of aromatic nitrogens is 1. The van der Waals surface area contributed by atoms with Gasteiger partial charge in [-0.1, -0.05) is 50.2 Å². The number of amides is 1. The first-order valence-corrected chi connectivity index (χ1v) is 12.8. The number of nitrogens with one attached hydrogen (secondary N) is 2. The van der Waals surface area contributed by atoms with Gasteiger partial charge in [-0.25, -0.2) is 0 Å². The molecule has 36 heavy (non-hydrogen) atoms. The third-order valence-electron chi connectivity index (χ3n) is 6.68. The third-order valence-corrected chi connectivity index (χ3v) is 6.68. The van der Waals surface area contributed by atoms with E-state index in [1.54, 1.807) is 12.1 Å². The van der Waals surface area contributed by atoms with Crippen LogP contribution >= 0.6 is 0 Å². The van der Waals surface area contributed by atoms with Gasteiger partial charge in [0.1, 0.15) is 5.75 Å². The molecule has 1 unspecified atom stereocenters. The van der Waals surface area contributed by atoms with E-state index >= 15 is 0 Å². The van der Waals surface area contributed by atoms with Crippen LogP contribution in [0.2, 0.25) is 0 Å². The maximum Gasteiger partial charge on any atom is 0.248 e. The molecule has 7 heteroatoms. The molecular formula is C29H39N3O4. The molecule has 0 aliphatic carbocycles. The largest absolute Gasteiger partial charge is 0.506 e. The van der Waals surface area contributed by atoms with Gasteiger partial charge in [-0.2, -0.15) is 0 Å². The van der Waals surface area contributed by atoms with Gasteiger partial charge in [0.2, 0.25) is 11.5 Å². The summed E-state index contributed by atoms with van der Waals surface area (Å²) in [4.78, 5) is 29.2. The molecule has 1 aromatic heterocycles. The summed E-state index contributed by atoms with van der Waals surface area (Å²) >= 11 is 0. The molecule has 1 atom stereocenters. The Morgan fingerprint density at radius 1 is 1.00 bits per heavy atom. The van der Waals surface area contributed by atoms with Gasteiger partial charge in [-0.3, -0.25) is 9.59 Å². The fourth-order valence-electron chi connectivity index (χ4n) is 4.22. The van der Waals surface area contributed by atoms with E-state index in [1.807, 2.05) is 29.2 Å². The molecule has 1 amide bonds. The smallest absolute Gasteiger partial charge is 0.248 e. The summed E-state index contributed by atoms with van der Waals surface area (Å²) in [5.41, 5.74) is 2.51. The molecule has 0 spiro atoms. The second-order valence-corrected chi connectivity index (χ2v) is 9.52. The summed E-state index contributed by atoms with van der Waals surface area (Å²) in [6.45, 7) is 9.44. The molecule has 0 saturated heterocycles. The van der Waals surface area contributed by atoms with Crippen molar-refractivity contribution >= 4 is 16.8 Å². The molecule has 0 bridgehead atoms. The Morgan fingerprint density at radius 2 is 1.78 bits per heavy atom. The van der Waals surface area contributed by atoms with Crippen LogP contribution in [-0.2, 0) is 22.4 Å². The highest BCUT2D eigenvalue weighted by Crippen LogP contribution is 2.24. The fraction of sp³-hybridized carbons (Fsp3) is 0.448. The molecule has 0 radical (unpaired) electrons. The van der Waals surface area contributed by atoms with E-state index in [1.165, 1.54) is 11.6 Å². The number of aromatic amines is 1. The van der Waals surface area contributed by atoms with E-state index in [-0.39, 0.29) is 23.3 Å². The van der Waals surface area contributed by atoms with Crippen LogP contribution in [0.25, 0.3) is 10.9 Å². The fourth-order valence-corrected chi connectivity index (χ4v) is 4.22. The highest BCUT2D eigenvalue weighted by Gasteiger charge is 2.21. The number of ether oxygens (including phenoxy) is 1. The molecule has 0 saturated carbocycles. The van der Waals surface area contributed by atoms with Crippen molar-refractivity contribution in [3.63, 3.8) is 0 Å². The molecule has 0 fully saturated rings. The summed E-state index contributed by atoms with van der Waals surface area (Å²) in [5.74, 6) is 0.546. The van der Waals surface area contributed by atoms with E-state index < -0.39 is 0 Å². The number of phenolic OH excluding ortho intramolecular Hbond substituents is 1. The lowest BCUT2D eigenvalue weighted by atomic mass is 10.0. The van der Waals surface area contributed by atoms with Crippen molar-refractivity contribution < 1.29 is 14.6 Å². The minimum absolute atomic E-state index is 0.0697. The van der Waals surface area contributed by atoms with Crippen molar-refractivity contribution in [3.05, 3.63) is 76.1 Å². The van der Waals surface area contributed by atoms with Gasteiger partial charge in [0.15, 0.2) is 0 Å². The molecule has 3 N–H and O–H groups in total. The first-order valence-electron chi connectivity index (χ1n) is 12.8. The van der Waals surface area contributed by atoms with Gasteiger partial charge in [0.25, 0.3) is 0 Å². The van der Waals surface area contributed by atoms with Gasteiger partial charge in [0.05, 0.1) is 25.2 Å². The van der Waals surface area contributed by atoms with Crippen molar-refractivity contribution in [2.45, 2.75) is 46.1 Å². The number of benzene rings is 2. The zero-order valence-electron chi connectivity index (χ0n) is 21.6. The van der Waals surface area contributed by atoms with Crippen LogP contribution in [0.3, 0.4) is 0 Å². The highest BCUT2D eigenvalue weighted by molar-refractivity contribution is 5.87. The third kappa shape index (κ3) is 7.93. The number of phenols is 1. The molecule has 1 heterocycles. The van der Waals surface area contributed by atoms with Crippen LogP contribution in [0.1, 0.15) is 38.3 Å². The Labute approximate surface area is 213 Å². The predicted molar refractivity (Wildman–Crippen MR) is 144 cm³/mol. The highest BCUT2D eigenvalue weighted by atomic mass is 16.5. The molecule has 2 aromatic carbocycles. The van der Waals surface area contributed by atoms with Crippen LogP contribution in [0.15, 0.2) is 59.4 Å². The number of hydrogen-bond acceptors (Lipinski definition) is 5. The Balaban J connectivity index is 1.44. The molecular weight excluding hydrogens is 454 g/mol. The average Bonchev–Trinajstić information content (AvgIpc) is 2.87. The van der Waals surface area contributed by atoms with Crippen LogP contribution in [0.5, 0.6) is 5.75 Å². The number of aromatic hydroxyl groups is 1. The van der Waals surface area contributed by atoms with Crippen molar-refractivity contribution in [1.82, 2.24) is 15.2 Å². The maximum atomic E-state index is 13.0. The standard InChI is InChI=1S/C29H39N3O4/c1-21(2)22(3)32(28(35)15-20-36-19-14-23-7-5-4-6-8-23)18-17-30-16-13-24-9-11-26(33)29-25(24)10-12-27(34)31-29/h4-12,21-22,30,33H,13-20H2,1-3H3,(H,31,34). The molecule has 0 aliphatic rings. The second-order valence-electron chi connectivity index (χ2n) is 9.52. The maximum absolute atomic E-state index is 13.0.